The van der Waals surface area contributed by atoms with E-state index in [-0.39, 0.29) is 5.76 Å². The molecule has 0 aliphatic carbocycles. The van der Waals surface area contributed by atoms with E-state index in [0.717, 1.165) is 25.1 Å². The van der Waals surface area contributed by atoms with Crippen LogP contribution in [-0.2, 0) is 13.0 Å². The Kier molecular flexibility index (Phi) is 3.98. The SMILES string of the molecule is NC(=O)c1cc(-c2ccc(CN3CCCc4ccccc43)cc2)no1. The molecule has 2 aromatic carbocycles. The molecule has 5 nitrogen and oxygen atoms in total. The Balaban J connectivity index is 1.52. The molecule has 25 heavy (non-hydrogen) atoms. The second kappa shape index (κ2) is 6.43. The summed E-state index contributed by atoms with van der Waals surface area (Å²) in [7, 11) is 0. The molecular weight excluding hydrogens is 314 g/mol. The molecule has 0 unspecified atom stereocenters. The fourth-order valence-electron chi connectivity index (χ4n) is 3.30. The third kappa shape index (κ3) is 3.13. The molecule has 0 spiro atoms. The maximum absolute atomic E-state index is 11.1. The lowest BCUT2D eigenvalue weighted by Crippen LogP contribution is -2.28. The molecule has 0 saturated carbocycles. The highest BCUT2D eigenvalue weighted by Gasteiger charge is 2.16. The van der Waals surface area contributed by atoms with Gasteiger partial charge in [0.15, 0.2) is 0 Å². The summed E-state index contributed by atoms with van der Waals surface area (Å²) < 4.78 is 4.94. The van der Waals surface area contributed by atoms with Crippen LogP contribution in [-0.4, -0.2) is 17.6 Å². The number of aromatic nitrogens is 1. The van der Waals surface area contributed by atoms with E-state index in [1.165, 1.54) is 23.2 Å². The van der Waals surface area contributed by atoms with Crippen molar-refractivity contribution in [3.63, 3.8) is 0 Å². The number of hydrogen-bond acceptors (Lipinski definition) is 4. The van der Waals surface area contributed by atoms with Crippen LogP contribution in [0.2, 0.25) is 0 Å². The van der Waals surface area contributed by atoms with Crippen LogP contribution >= 0.6 is 0 Å². The quantitative estimate of drug-likeness (QED) is 0.794. The molecule has 1 aromatic heterocycles. The minimum absolute atomic E-state index is 0.0731. The number of para-hydroxylation sites is 1. The van der Waals surface area contributed by atoms with Crippen molar-refractivity contribution >= 4 is 11.6 Å². The first kappa shape index (κ1) is 15.4. The lowest BCUT2D eigenvalue weighted by atomic mass is 10.0. The van der Waals surface area contributed by atoms with Gasteiger partial charge in [-0.1, -0.05) is 47.6 Å². The van der Waals surface area contributed by atoms with Gasteiger partial charge in [0.1, 0.15) is 5.69 Å². The van der Waals surface area contributed by atoms with E-state index in [9.17, 15) is 4.79 Å². The number of anilines is 1. The second-order valence-electron chi connectivity index (χ2n) is 6.29. The van der Waals surface area contributed by atoms with Crippen LogP contribution in [0.3, 0.4) is 0 Å². The van der Waals surface area contributed by atoms with Gasteiger partial charge in [0.05, 0.1) is 0 Å². The summed E-state index contributed by atoms with van der Waals surface area (Å²) >= 11 is 0. The van der Waals surface area contributed by atoms with Gasteiger partial charge in [-0.3, -0.25) is 4.79 Å². The number of primary amides is 1. The monoisotopic (exact) mass is 333 g/mol. The van der Waals surface area contributed by atoms with Crippen molar-refractivity contribution in [1.82, 2.24) is 5.16 Å². The van der Waals surface area contributed by atoms with Gasteiger partial charge in [-0.25, -0.2) is 0 Å². The molecule has 0 bridgehead atoms. The Bertz CT molecular complexity index is 899. The average molecular weight is 333 g/mol. The van der Waals surface area contributed by atoms with Crippen molar-refractivity contribution in [3.8, 4) is 11.3 Å². The fraction of sp³-hybridized carbons (Fsp3) is 0.200. The number of nitrogens with two attached hydrogens (primary N) is 1. The van der Waals surface area contributed by atoms with E-state index in [2.05, 4.69) is 46.5 Å². The van der Waals surface area contributed by atoms with Crippen LogP contribution in [0, 0.1) is 0 Å². The first-order valence-corrected chi connectivity index (χ1v) is 8.39. The summed E-state index contributed by atoms with van der Waals surface area (Å²) in [5.74, 6) is -0.539. The van der Waals surface area contributed by atoms with E-state index in [0.29, 0.717) is 5.69 Å². The van der Waals surface area contributed by atoms with Gasteiger partial charge >= 0.3 is 0 Å². The zero-order chi connectivity index (χ0) is 17.2. The topological polar surface area (TPSA) is 72.4 Å². The van der Waals surface area contributed by atoms with Crippen LogP contribution in [0.5, 0.6) is 0 Å². The van der Waals surface area contributed by atoms with Crippen LogP contribution in [0.15, 0.2) is 59.1 Å². The lowest BCUT2D eigenvalue weighted by molar-refractivity contribution is 0.0965. The number of carbonyl (C=O) groups is 1. The highest BCUT2D eigenvalue weighted by atomic mass is 16.5. The molecule has 0 radical (unpaired) electrons. The molecule has 2 N–H and O–H groups in total. The smallest absolute Gasteiger partial charge is 0.287 e. The van der Waals surface area contributed by atoms with Gasteiger partial charge in [-0.15, -0.1) is 0 Å². The molecule has 5 heteroatoms. The van der Waals surface area contributed by atoms with Gasteiger partial charge < -0.3 is 15.2 Å². The van der Waals surface area contributed by atoms with E-state index in [1.54, 1.807) is 6.07 Å². The van der Waals surface area contributed by atoms with Gasteiger partial charge in [-0.05, 0) is 30.0 Å². The van der Waals surface area contributed by atoms with E-state index < -0.39 is 5.91 Å². The van der Waals surface area contributed by atoms with Crippen molar-refractivity contribution < 1.29 is 9.32 Å². The number of benzene rings is 2. The number of fused-ring (bicyclic) bond motifs is 1. The summed E-state index contributed by atoms with van der Waals surface area (Å²) in [5, 5.41) is 3.90. The number of aryl methyl sites for hydroxylation is 1. The molecule has 1 amide bonds. The van der Waals surface area contributed by atoms with Crippen molar-refractivity contribution in [2.45, 2.75) is 19.4 Å². The summed E-state index contributed by atoms with van der Waals surface area (Å²) in [4.78, 5) is 13.5. The van der Waals surface area contributed by atoms with Crippen LogP contribution in [0.4, 0.5) is 5.69 Å². The normalized spacial score (nSPS) is 13.5. The zero-order valence-corrected chi connectivity index (χ0v) is 13.8. The van der Waals surface area contributed by atoms with Crippen molar-refractivity contribution in [1.29, 1.82) is 0 Å². The number of nitrogens with zero attached hydrogens (tertiary/aromatic N) is 2. The predicted octanol–water partition coefficient (Wildman–Crippen LogP) is 3.39. The van der Waals surface area contributed by atoms with E-state index >= 15 is 0 Å². The van der Waals surface area contributed by atoms with E-state index in [4.69, 9.17) is 10.3 Å². The number of hydrogen-bond donors (Lipinski definition) is 1. The minimum atomic E-state index is -0.612. The largest absolute Gasteiger partial charge is 0.367 e. The first-order chi connectivity index (χ1) is 12.2. The highest BCUT2D eigenvalue weighted by Crippen LogP contribution is 2.28. The first-order valence-electron chi connectivity index (χ1n) is 8.39. The predicted molar refractivity (Wildman–Crippen MR) is 96.3 cm³/mol. The van der Waals surface area contributed by atoms with Crippen molar-refractivity contribution in [3.05, 3.63) is 71.5 Å². The second-order valence-corrected chi connectivity index (χ2v) is 6.29. The molecule has 0 atom stereocenters. The van der Waals surface area contributed by atoms with Crippen LogP contribution < -0.4 is 10.6 Å². The summed E-state index contributed by atoms with van der Waals surface area (Å²) in [6, 6.07) is 18.3. The summed E-state index contributed by atoms with van der Waals surface area (Å²) in [5.41, 5.74) is 10.7. The molecule has 3 aromatic rings. The standard InChI is InChI=1S/C20H19N3O2/c21-20(24)19-12-17(22-25-19)15-9-7-14(8-10-15)13-23-11-3-5-16-4-1-2-6-18(16)23/h1-2,4,6-10,12H,3,5,11,13H2,(H2,21,24). The van der Waals surface area contributed by atoms with Crippen LogP contribution in [0.25, 0.3) is 11.3 Å². The third-order valence-corrected chi connectivity index (χ3v) is 4.58. The lowest BCUT2D eigenvalue weighted by Gasteiger charge is -2.31. The van der Waals surface area contributed by atoms with Gasteiger partial charge in [0.25, 0.3) is 5.91 Å². The third-order valence-electron chi connectivity index (χ3n) is 4.58. The van der Waals surface area contributed by atoms with Crippen molar-refractivity contribution in [2.75, 3.05) is 11.4 Å². The Hall–Kier alpha value is -3.08. The molecule has 0 saturated heterocycles. The van der Waals surface area contributed by atoms with Gasteiger partial charge in [-0.2, -0.15) is 0 Å². The molecule has 1 aliphatic heterocycles. The molecule has 1 aliphatic rings. The maximum atomic E-state index is 11.1. The summed E-state index contributed by atoms with van der Waals surface area (Å²) in [6.45, 7) is 1.95. The van der Waals surface area contributed by atoms with Crippen LogP contribution in [0.1, 0.15) is 28.1 Å². The molecule has 0 fully saturated rings. The highest BCUT2D eigenvalue weighted by molar-refractivity contribution is 5.90. The Labute approximate surface area is 146 Å². The summed E-state index contributed by atoms with van der Waals surface area (Å²) in [6.07, 6.45) is 2.34. The zero-order valence-electron chi connectivity index (χ0n) is 13.8. The van der Waals surface area contributed by atoms with Gasteiger partial charge in [0.2, 0.25) is 5.76 Å². The number of rotatable bonds is 4. The minimum Gasteiger partial charge on any atom is -0.367 e. The average Bonchev–Trinajstić information content (AvgIpc) is 3.13. The molecule has 4 rings (SSSR count). The Morgan fingerprint density at radius 1 is 1.16 bits per heavy atom. The molecule has 126 valence electrons. The van der Waals surface area contributed by atoms with Gasteiger partial charge in [0, 0.05) is 30.4 Å². The molecule has 2 heterocycles. The fourth-order valence-corrected chi connectivity index (χ4v) is 3.30. The number of carbonyl (C=O) groups excluding carboxylic acids is 1. The van der Waals surface area contributed by atoms with E-state index in [1.807, 2.05) is 12.1 Å². The van der Waals surface area contributed by atoms with Crippen molar-refractivity contribution in [2.24, 2.45) is 5.73 Å². The maximum Gasteiger partial charge on any atom is 0.287 e. The number of amides is 1. The molecular formula is C20H19N3O2. The Morgan fingerprint density at radius 3 is 2.72 bits per heavy atom. The Morgan fingerprint density at radius 2 is 1.96 bits per heavy atom.